The summed E-state index contributed by atoms with van der Waals surface area (Å²) in [5.41, 5.74) is 0. The molecule has 1 aliphatic rings. The fourth-order valence-corrected chi connectivity index (χ4v) is 1.25. The number of hydrogen-bond acceptors (Lipinski definition) is 4. The summed E-state index contributed by atoms with van der Waals surface area (Å²) in [7, 11) is 1.66. The number of carbonyl (C=O) groups excluding carboxylic acids is 1. The van der Waals surface area contributed by atoms with Crippen molar-refractivity contribution in [2.24, 2.45) is 0 Å². The summed E-state index contributed by atoms with van der Waals surface area (Å²) < 4.78 is 10.1. The van der Waals surface area contributed by atoms with Gasteiger partial charge in [-0.1, -0.05) is 0 Å². The average Bonchev–Trinajstić information content (AvgIpc) is 3.06. The van der Waals surface area contributed by atoms with Crippen LogP contribution in [0.25, 0.3) is 0 Å². The molecular formula is C11H22N2O3. The lowest BCUT2D eigenvalue weighted by molar-refractivity contribution is -0.120. The fraction of sp³-hybridized carbons (Fsp3) is 0.909. The van der Waals surface area contributed by atoms with Crippen LogP contribution in [-0.4, -0.2) is 52.0 Å². The van der Waals surface area contributed by atoms with E-state index in [0.717, 1.165) is 25.8 Å². The highest BCUT2D eigenvalue weighted by atomic mass is 16.5. The quantitative estimate of drug-likeness (QED) is 0.515. The molecule has 1 rings (SSSR count). The van der Waals surface area contributed by atoms with E-state index in [-0.39, 0.29) is 5.91 Å². The van der Waals surface area contributed by atoms with E-state index >= 15 is 0 Å². The lowest BCUT2D eigenvalue weighted by Crippen LogP contribution is -2.35. The van der Waals surface area contributed by atoms with Gasteiger partial charge in [0.05, 0.1) is 19.8 Å². The van der Waals surface area contributed by atoms with Crippen LogP contribution in [0, 0.1) is 0 Å². The smallest absolute Gasteiger partial charge is 0.234 e. The zero-order chi connectivity index (χ0) is 11.6. The Hall–Kier alpha value is -0.650. The summed E-state index contributed by atoms with van der Waals surface area (Å²) in [6.45, 7) is 3.20. The highest BCUT2D eigenvalue weighted by Gasteiger charge is 2.22. The first-order valence-corrected chi connectivity index (χ1v) is 5.89. The van der Waals surface area contributed by atoms with Gasteiger partial charge in [-0.05, 0) is 25.8 Å². The van der Waals surface area contributed by atoms with Gasteiger partial charge in [-0.25, -0.2) is 0 Å². The first-order chi connectivity index (χ1) is 7.83. The third-order valence-electron chi connectivity index (χ3n) is 2.30. The van der Waals surface area contributed by atoms with Gasteiger partial charge in [0.1, 0.15) is 0 Å². The molecule has 5 nitrogen and oxygen atoms in total. The van der Waals surface area contributed by atoms with Crippen molar-refractivity contribution in [3.05, 3.63) is 0 Å². The van der Waals surface area contributed by atoms with Crippen molar-refractivity contribution in [1.29, 1.82) is 0 Å². The maximum absolute atomic E-state index is 11.2. The van der Waals surface area contributed by atoms with Gasteiger partial charge in [-0.15, -0.1) is 0 Å². The van der Waals surface area contributed by atoms with E-state index < -0.39 is 0 Å². The molecule has 0 aromatic heterocycles. The molecule has 1 saturated carbocycles. The van der Waals surface area contributed by atoms with Crippen molar-refractivity contribution in [3.8, 4) is 0 Å². The Morgan fingerprint density at radius 2 is 2.12 bits per heavy atom. The number of methoxy groups -OCH3 is 1. The predicted molar refractivity (Wildman–Crippen MR) is 61.3 cm³/mol. The van der Waals surface area contributed by atoms with E-state index in [4.69, 9.17) is 9.47 Å². The van der Waals surface area contributed by atoms with Gasteiger partial charge in [0.25, 0.3) is 0 Å². The molecule has 5 heteroatoms. The largest absolute Gasteiger partial charge is 0.382 e. The van der Waals surface area contributed by atoms with E-state index in [0.29, 0.717) is 32.4 Å². The van der Waals surface area contributed by atoms with Crippen molar-refractivity contribution < 1.29 is 14.3 Å². The van der Waals surface area contributed by atoms with Gasteiger partial charge in [0.2, 0.25) is 5.91 Å². The zero-order valence-electron chi connectivity index (χ0n) is 9.96. The molecule has 0 atom stereocenters. The van der Waals surface area contributed by atoms with Gasteiger partial charge in [-0.3, -0.25) is 4.79 Å². The highest BCUT2D eigenvalue weighted by Crippen LogP contribution is 2.17. The molecule has 0 aliphatic heterocycles. The van der Waals surface area contributed by atoms with Crippen LogP contribution >= 0.6 is 0 Å². The summed E-state index contributed by atoms with van der Waals surface area (Å²) in [6.07, 6.45) is 3.19. The van der Waals surface area contributed by atoms with Gasteiger partial charge in [0, 0.05) is 19.8 Å². The SMILES string of the molecule is COCCOCCCNCC(=O)NC1CC1. The summed E-state index contributed by atoms with van der Waals surface area (Å²) in [5.74, 6) is 0.0998. The van der Waals surface area contributed by atoms with Gasteiger partial charge in [0.15, 0.2) is 0 Å². The third kappa shape index (κ3) is 7.62. The molecule has 16 heavy (non-hydrogen) atoms. The van der Waals surface area contributed by atoms with Crippen LogP contribution in [0.15, 0.2) is 0 Å². The Labute approximate surface area is 96.9 Å². The van der Waals surface area contributed by atoms with Crippen molar-refractivity contribution in [2.45, 2.75) is 25.3 Å². The van der Waals surface area contributed by atoms with E-state index in [1.54, 1.807) is 7.11 Å². The molecule has 0 unspecified atom stereocenters. The van der Waals surface area contributed by atoms with E-state index in [2.05, 4.69) is 10.6 Å². The average molecular weight is 230 g/mol. The first kappa shape index (κ1) is 13.4. The molecule has 0 spiro atoms. The lowest BCUT2D eigenvalue weighted by Gasteiger charge is -2.06. The van der Waals surface area contributed by atoms with Crippen molar-refractivity contribution in [3.63, 3.8) is 0 Å². The van der Waals surface area contributed by atoms with Gasteiger partial charge < -0.3 is 20.1 Å². The second-order valence-corrected chi connectivity index (χ2v) is 3.98. The van der Waals surface area contributed by atoms with Crippen molar-refractivity contribution in [2.75, 3.05) is 40.0 Å². The Morgan fingerprint density at radius 3 is 2.81 bits per heavy atom. The molecule has 0 saturated heterocycles. The molecule has 1 aliphatic carbocycles. The Bertz CT molecular complexity index is 196. The standard InChI is InChI=1S/C11H22N2O3/c1-15-7-8-16-6-2-5-12-9-11(14)13-10-3-4-10/h10,12H,2-9H2,1H3,(H,13,14). The number of nitrogens with one attached hydrogen (secondary N) is 2. The number of hydrogen-bond donors (Lipinski definition) is 2. The lowest BCUT2D eigenvalue weighted by atomic mass is 10.4. The second kappa shape index (κ2) is 8.50. The molecule has 0 aromatic rings. The molecule has 94 valence electrons. The van der Waals surface area contributed by atoms with Gasteiger partial charge in [-0.2, -0.15) is 0 Å². The summed E-state index contributed by atoms with van der Waals surface area (Å²) in [5, 5.41) is 6.01. The van der Waals surface area contributed by atoms with Crippen molar-refractivity contribution in [1.82, 2.24) is 10.6 Å². The Balaban J connectivity index is 1.75. The molecule has 0 heterocycles. The maximum atomic E-state index is 11.2. The summed E-state index contributed by atoms with van der Waals surface area (Å²) in [4.78, 5) is 11.2. The molecule has 0 bridgehead atoms. The van der Waals surface area contributed by atoms with Crippen LogP contribution in [0.4, 0.5) is 0 Å². The summed E-state index contributed by atoms with van der Waals surface area (Å²) >= 11 is 0. The Morgan fingerprint density at radius 1 is 1.31 bits per heavy atom. The van der Waals surface area contributed by atoms with Crippen molar-refractivity contribution >= 4 is 5.91 Å². The summed E-state index contributed by atoms with van der Waals surface area (Å²) in [6, 6.07) is 0.451. The number of amides is 1. The molecular weight excluding hydrogens is 208 g/mol. The maximum Gasteiger partial charge on any atom is 0.234 e. The minimum Gasteiger partial charge on any atom is -0.382 e. The van der Waals surface area contributed by atoms with Gasteiger partial charge >= 0.3 is 0 Å². The molecule has 2 N–H and O–H groups in total. The van der Waals surface area contributed by atoms with Crippen LogP contribution in [0.1, 0.15) is 19.3 Å². The topological polar surface area (TPSA) is 59.6 Å². The predicted octanol–water partition coefficient (Wildman–Crippen LogP) is -0.0923. The van der Waals surface area contributed by atoms with E-state index in [1.165, 1.54) is 0 Å². The molecule has 1 amide bonds. The highest BCUT2D eigenvalue weighted by molar-refractivity contribution is 5.78. The normalized spacial score (nSPS) is 15.1. The third-order valence-corrected chi connectivity index (χ3v) is 2.30. The molecule has 0 aromatic carbocycles. The fourth-order valence-electron chi connectivity index (χ4n) is 1.25. The minimum absolute atomic E-state index is 0.0998. The van der Waals surface area contributed by atoms with E-state index in [9.17, 15) is 4.79 Å². The first-order valence-electron chi connectivity index (χ1n) is 5.89. The van der Waals surface area contributed by atoms with Crippen LogP contribution in [0.3, 0.4) is 0 Å². The number of rotatable bonds is 10. The van der Waals surface area contributed by atoms with Crippen LogP contribution in [-0.2, 0) is 14.3 Å². The molecule has 1 fully saturated rings. The van der Waals surface area contributed by atoms with E-state index in [1.807, 2.05) is 0 Å². The minimum atomic E-state index is 0.0998. The number of carbonyl (C=O) groups is 1. The monoisotopic (exact) mass is 230 g/mol. The van der Waals surface area contributed by atoms with Crippen LogP contribution < -0.4 is 10.6 Å². The second-order valence-electron chi connectivity index (χ2n) is 3.98. The Kier molecular flexibility index (Phi) is 7.12. The van der Waals surface area contributed by atoms with Crippen LogP contribution in [0.5, 0.6) is 0 Å². The zero-order valence-corrected chi connectivity index (χ0v) is 9.96. The number of ether oxygens (including phenoxy) is 2. The van der Waals surface area contributed by atoms with Crippen LogP contribution in [0.2, 0.25) is 0 Å². The molecule has 0 radical (unpaired) electrons.